The number of rotatable bonds is 5. The second-order valence-corrected chi connectivity index (χ2v) is 7.16. The monoisotopic (exact) mass is 434 g/mol. The van der Waals surface area contributed by atoms with Crippen molar-refractivity contribution in [3.63, 3.8) is 0 Å². The average Bonchev–Trinajstić information content (AvgIpc) is 2.56. The zero-order chi connectivity index (χ0) is 17.8. The van der Waals surface area contributed by atoms with E-state index in [9.17, 15) is 4.79 Å². The molecule has 1 aromatic carbocycles. The van der Waals surface area contributed by atoms with Gasteiger partial charge in [0.2, 0.25) is 0 Å². The maximum absolute atomic E-state index is 12.4. The summed E-state index contributed by atoms with van der Waals surface area (Å²) in [6.07, 6.45) is 6.07. The first-order chi connectivity index (χ1) is 12.1. The second kappa shape index (κ2) is 10.1. The van der Waals surface area contributed by atoms with E-state index < -0.39 is 6.09 Å². The summed E-state index contributed by atoms with van der Waals surface area (Å²) < 4.78 is 11.1. The molecule has 2 unspecified atom stereocenters. The van der Waals surface area contributed by atoms with Gasteiger partial charge in [-0.1, -0.05) is 12.5 Å². The van der Waals surface area contributed by atoms with Crippen LogP contribution in [0.25, 0.3) is 0 Å². The van der Waals surface area contributed by atoms with Crippen molar-refractivity contribution in [1.82, 2.24) is 4.90 Å². The van der Waals surface area contributed by atoms with Gasteiger partial charge in [-0.3, -0.25) is 10.2 Å². The number of amides is 1. The number of ether oxygens (including phenoxy) is 2. The molecule has 2 aliphatic heterocycles. The van der Waals surface area contributed by atoms with Crippen molar-refractivity contribution in [2.45, 2.75) is 63.6 Å². The SMILES string of the molecule is [CH2-]CCN1C2CCCC1CC(OC(=O)Nc1cc(C)ccc1OC)C2.[Y]. The Labute approximate surface area is 182 Å². The van der Waals surface area contributed by atoms with Crippen LogP contribution in [0.2, 0.25) is 0 Å². The smallest absolute Gasteiger partial charge is 0.412 e. The van der Waals surface area contributed by atoms with Gasteiger partial charge >= 0.3 is 6.09 Å². The number of nitrogens with one attached hydrogen (secondary N) is 1. The van der Waals surface area contributed by atoms with Crippen LogP contribution in [0, 0.1) is 13.8 Å². The molecule has 3 rings (SSSR count). The largest absolute Gasteiger partial charge is 0.495 e. The van der Waals surface area contributed by atoms with Gasteiger partial charge in [0.05, 0.1) is 12.8 Å². The summed E-state index contributed by atoms with van der Waals surface area (Å²) in [7, 11) is 1.60. The van der Waals surface area contributed by atoms with Crippen molar-refractivity contribution in [1.29, 1.82) is 0 Å². The third-order valence-electron chi connectivity index (χ3n) is 5.36. The zero-order valence-electron chi connectivity index (χ0n) is 15.9. The van der Waals surface area contributed by atoms with Crippen LogP contribution in [-0.2, 0) is 37.4 Å². The van der Waals surface area contributed by atoms with E-state index in [0.29, 0.717) is 23.5 Å². The Morgan fingerprint density at radius 1 is 1.31 bits per heavy atom. The maximum atomic E-state index is 12.4. The molecule has 2 heterocycles. The Hall–Kier alpha value is -0.646. The van der Waals surface area contributed by atoms with Gasteiger partial charge in [0, 0.05) is 57.6 Å². The van der Waals surface area contributed by atoms with E-state index in [1.165, 1.54) is 19.3 Å². The molecule has 0 spiro atoms. The Morgan fingerprint density at radius 2 is 2.00 bits per heavy atom. The molecule has 6 heteroatoms. The van der Waals surface area contributed by atoms with Crippen LogP contribution in [0.4, 0.5) is 10.5 Å². The number of benzene rings is 1. The first kappa shape index (κ1) is 21.7. The molecule has 141 valence electrons. The number of aryl methyl sites for hydroxylation is 1. The second-order valence-electron chi connectivity index (χ2n) is 7.16. The van der Waals surface area contributed by atoms with Gasteiger partial charge < -0.3 is 16.4 Å². The van der Waals surface area contributed by atoms with Gasteiger partial charge in [0.15, 0.2) is 0 Å². The quantitative estimate of drug-likeness (QED) is 0.708. The molecule has 1 amide bonds. The number of piperidine rings is 2. The van der Waals surface area contributed by atoms with Crippen molar-refractivity contribution in [3.05, 3.63) is 30.7 Å². The van der Waals surface area contributed by atoms with Crippen LogP contribution >= 0.6 is 0 Å². The van der Waals surface area contributed by atoms with E-state index in [-0.39, 0.29) is 38.8 Å². The van der Waals surface area contributed by atoms with Gasteiger partial charge in [0.25, 0.3) is 0 Å². The van der Waals surface area contributed by atoms with Gasteiger partial charge in [-0.25, -0.2) is 4.79 Å². The molecule has 2 atom stereocenters. The maximum Gasteiger partial charge on any atom is 0.412 e. The molecule has 5 nitrogen and oxygen atoms in total. The molecule has 0 aliphatic carbocycles. The third kappa shape index (κ3) is 5.20. The van der Waals surface area contributed by atoms with E-state index in [0.717, 1.165) is 31.4 Å². The molecule has 2 aliphatic rings. The summed E-state index contributed by atoms with van der Waals surface area (Å²) in [5.74, 6) is 0.643. The van der Waals surface area contributed by atoms with E-state index in [1.807, 2.05) is 25.1 Å². The first-order valence-electron chi connectivity index (χ1n) is 9.28. The number of carbonyl (C=O) groups is 1. The standard InChI is InChI=1S/C20H29N2O3.Y/c1-4-10-22-15-6-5-7-16(22)13-17(12-15)25-20(23)21-18-11-14(2)8-9-19(18)24-3;/h8-9,11,15-17H,1,4-7,10,12-13H2,2-3H3,(H,21,23);/q-1;. The third-order valence-corrected chi connectivity index (χ3v) is 5.36. The van der Waals surface area contributed by atoms with Crippen molar-refractivity contribution in [3.8, 4) is 5.75 Å². The van der Waals surface area contributed by atoms with E-state index >= 15 is 0 Å². The fraction of sp³-hybridized carbons (Fsp3) is 0.600. The van der Waals surface area contributed by atoms with Crippen molar-refractivity contribution >= 4 is 11.8 Å². The Balaban J connectivity index is 0.00000243. The molecular formula is C20H29N2O3Y-. The minimum absolute atomic E-state index is 0. The summed E-state index contributed by atoms with van der Waals surface area (Å²) in [6, 6.07) is 6.76. The summed E-state index contributed by atoms with van der Waals surface area (Å²) >= 11 is 0. The van der Waals surface area contributed by atoms with Crippen molar-refractivity contribution < 1.29 is 47.0 Å². The molecule has 2 fully saturated rings. The topological polar surface area (TPSA) is 50.8 Å². The number of anilines is 1. The summed E-state index contributed by atoms with van der Waals surface area (Å²) in [5.41, 5.74) is 1.72. The summed E-state index contributed by atoms with van der Waals surface area (Å²) in [5, 5.41) is 2.84. The molecule has 0 aromatic heterocycles. The van der Waals surface area contributed by atoms with Gasteiger partial charge in [-0.15, -0.1) is 0 Å². The first-order valence-corrected chi connectivity index (χ1v) is 9.28. The van der Waals surface area contributed by atoms with Crippen molar-refractivity contribution in [2.24, 2.45) is 0 Å². The molecule has 1 radical (unpaired) electrons. The normalized spacial score (nSPS) is 25.1. The molecule has 2 bridgehead atoms. The molecule has 1 aromatic rings. The number of nitrogens with zero attached hydrogens (tertiary/aromatic N) is 1. The van der Waals surface area contributed by atoms with Gasteiger partial charge in [0.1, 0.15) is 11.9 Å². The van der Waals surface area contributed by atoms with E-state index in [2.05, 4.69) is 17.1 Å². The predicted octanol–water partition coefficient (Wildman–Crippen LogP) is 4.16. The zero-order valence-corrected chi connectivity index (χ0v) is 18.7. The number of carbonyl (C=O) groups excluding carboxylic acids is 1. The van der Waals surface area contributed by atoms with Crippen LogP contribution in [-0.4, -0.2) is 42.8 Å². The molecule has 2 saturated heterocycles. The van der Waals surface area contributed by atoms with Crippen LogP contribution in [0.5, 0.6) is 5.75 Å². The van der Waals surface area contributed by atoms with Crippen LogP contribution in [0.3, 0.4) is 0 Å². The molecule has 26 heavy (non-hydrogen) atoms. The predicted molar refractivity (Wildman–Crippen MR) is 99.0 cm³/mol. The Kier molecular flexibility index (Phi) is 8.37. The van der Waals surface area contributed by atoms with Crippen LogP contribution < -0.4 is 10.1 Å². The number of hydrogen-bond acceptors (Lipinski definition) is 4. The average molecular weight is 434 g/mol. The molecular weight excluding hydrogens is 405 g/mol. The number of methoxy groups -OCH3 is 1. The van der Waals surface area contributed by atoms with Gasteiger partial charge in [-0.2, -0.15) is 6.42 Å². The Morgan fingerprint density at radius 3 is 2.62 bits per heavy atom. The number of fused-ring (bicyclic) bond motifs is 2. The summed E-state index contributed by atoms with van der Waals surface area (Å²) in [4.78, 5) is 15.0. The van der Waals surface area contributed by atoms with Crippen LogP contribution in [0.15, 0.2) is 18.2 Å². The Bertz CT molecular complexity index is 597. The van der Waals surface area contributed by atoms with E-state index in [4.69, 9.17) is 9.47 Å². The van der Waals surface area contributed by atoms with Crippen LogP contribution in [0.1, 0.15) is 44.1 Å². The van der Waals surface area contributed by atoms with E-state index in [1.54, 1.807) is 7.11 Å². The molecule has 1 N–H and O–H groups in total. The number of hydrogen-bond donors (Lipinski definition) is 1. The minimum Gasteiger partial charge on any atom is -0.495 e. The fourth-order valence-corrected chi connectivity index (χ4v) is 4.28. The summed E-state index contributed by atoms with van der Waals surface area (Å²) in [6.45, 7) is 7.03. The van der Waals surface area contributed by atoms with Gasteiger partial charge in [-0.05, 0) is 44.0 Å². The molecule has 0 saturated carbocycles. The fourth-order valence-electron chi connectivity index (χ4n) is 4.28. The minimum atomic E-state index is -0.391. The van der Waals surface area contributed by atoms with Crippen molar-refractivity contribution in [2.75, 3.05) is 19.0 Å².